The number of ether oxygens (including phenoxy) is 1. The van der Waals surface area contributed by atoms with Crippen LogP contribution < -0.4 is 10.1 Å². The van der Waals surface area contributed by atoms with Crippen LogP contribution in [-0.2, 0) is 0 Å². The second-order valence-electron chi connectivity index (χ2n) is 6.81. The number of nitrogens with zero attached hydrogens (tertiary/aromatic N) is 1. The maximum atomic E-state index is 12.7. The van der Waals surface area contributed by atoms with Crippen LogP contribution in [0.5, 0.6) is 5.75 Å². The molecule has 0 spiro atoms. The van der Waals surface area contributed by atoms with Crippen LogP contribution in [0.25, 0.3) is 0 Å². The molecule has 0 bridgehead atoms. The summed E-state index contributed by atoms with van der Waals surface area (Å²) in [4.78, 5) is 14.8. The Labute approximate surface area is 145 Å². The van der Waals surface area contributed by atoms with Crippen molar-refractivity contribution in [2.75, 3.05) is 33.9 Å². The largest absolute Gasteiger partial charge is 0.491 e. The van der Waals surface area contributed by atoms with Gasteiger partial charge in [0.15, 0.2) is 0 Å². The lowest BCUT2D eigenvalue weighted by atomic mass is 9.95. The number of rotatable bonds is 7. The molecular formula is C19H30N2O3. The smallest absolute Gasteiger partial charge is 0.255 e. The third kappa shape index (κ3) is 5.49. The lowest BCUT2D eigenvalue weighted by molar-refractivity contribution is 0.0895. The number of carbonyl (C=O) groups is 1. The van der Waals surface area contributed by atoms with Crippen molar-refractivity contribution in [3.63, 3.8) is 0 Å². The Hall–Kier alpha value is -1.59. The molecule has 1 amide bonds. The second-order valence-corrected chi connectivity index (χ2v) is 6.81. The number of hydrogen-bond acceptors (Lipinski definition) is 4. The van der Waals surface area contributed by atoms with Gasteiger partial charge in [0.25, 0.3) is 5.91 Å². The highest BCUT2D eigenvalue weighted by Crippen LogP contribution is 2.24. The van der Waals surface area contributed by atoms with Crippen LogP contribution in [0.4, 0.5) is 0 Å². The molecule has 2 atom stereocenters. The Kier molecular flexibility index (Phi) is 7.53. The minimum Gasteiger partial charge on any atom is -0.491 e. The van der Waals surface area contributed by atoms with Crippen molar-refractivity contribution in [3.8, 4) is 5.75 Å². The fraction of sp³-hybridized carbons (Fsp3) is 0.632. The van der Waals surface area contributed by atoms with E-state index < -0.39 is 0 Å². The summed E-state index contributed by atoms with van der Waals surface area (Å²) in [6.07, 6.45) is 5.31. The first-order valence-electron chi connectivity index (χ1n) is 8.90. The van der Waals surface area contributed by atoms with Crippen molar-refractivity contribution >= 4 is 5.91 Å². The highest BCUT2D eigenvalue weighted by molar-refractivity contribution is 5.97. The summed E-state index contributed by atoms with van der Waals surface area (Å²) < 4.78 is 5.78. The molecule has 2 unspecified atom stereocenters. The lowest BCUT2D eigenvalue weighted by Crippen LogP contribution is -2.41. The van der Waals surface area contributed by atoms with Gasteiger partial charge in [-0.05, 0) is 39.1 Å². The van der Waals surface area contributed by atoms with Crippen molar-refractivity contribution in [3.05, 3.63) is 29.8 Å². The van der Waals surface area contributed by atoms with E-state index in [4.69, 9.17) is 4.74 Å². The molecule has 5 heteroatoms. The van der Waals surface area contributed by atoms with Crippen LogP contribution in [0, 0.1) is 5.92 Å². The van der Waals surface area contributed by atoms with E-state index >= 15 is 0 Å². The molecule has 24 heavy (non-hydrogen) atoms. The maximum absolute atomic E-state index is 12.7. The number of nitrogens with one attached hydrogen (secondary N) is 1. The summed E-state index contributed by atoms with van der Waals surface area (Å²) in [5.41, 5.74) is 0.567. The summed E-state index contributed by atoms with van der Waals surface area (Å²) >= 11 is 0. The maximum Gasteiger partial charge on any atom is 0.255 e. The normalized spacial score (nSPS) is 21.3. The minimum absolute atomic E-state index is 0.0415. The van der Waals surface area contributed by atoms with E-state index in [0.29, 0.717) is 17.9 Å². The molecule has 134 valence electrons. The van der Waals surface area contributed by atoms with Crippen molar-refractivity contribution < 1.29 is 14.6 Å². The van der Waals surface area contributed by atoms with Gasteiger partial charge in [0.2, 0.25) is 0 Å². The average Bonchev–Trinajstić information content (AvgIpc) is 2.80. The number of hydrogen-bond donors (Lipinski definition) is 2. The van der Waals surface area contributed by atoms with Crippen LogP contribution in [0.3, 0.4) is 0 Å². The fourth-order valence-electron chi connectivity index (χ4n) is 3.16. The van der Waals surface area contributed by atoms with E-state index in [-0.39, 0.29) is 24.5 Å². The van der Waals surface area contributed by atoms with Gasteiger partial charge >= 0.3 is 0 Å². The number of amides is 1. The van der Waals surface area contributed by atoms with Crippen molar-refractivity contribution in [2.45, 2.75) is 38.1 Å². The molecule has 0 radical (unpaired) electrons. The van der Waals surface area contributed by atoms with Crippen LogP contribution in [-0.4, -0.2) is 55.8 Å². The van der Waals surface area contributed by atoms with Crippen molar-refractivity contribution in [2.24, 2.45) is 5.92 Å². The zero-order chi connectivity index (χ0) is 17.4. The summed E-state index contributed by atoms with van der Waals surface area (Å²) in [7, 11) is 3.98. The summed E-state index contributed by atoms with van der Waals surface area (Å²) in [5, 5.41) is 12.7. The highest BCUT2D eigenvalue weighted by atomic mass is 16.5. The molecular weight excluding hydrogens is 304 g/mol. The van der Waals surface area contributed by atoms with Gasteiger partial charge in [0, 0.05) is 25.1 Å². The quantitative estimate of drug-likeness (QED) is 0.751. The Morgan fingerprint density at radius 3 is 2.75 bits per heavy atom. The van der Waals surface area contributed by atoms with E-state index in [9.17, 15) is 9.90 Å². The molecule has 5 nitrogen and oxygen atoms in total. The molecule has 0 heterocycles. The van der Waals surface area contributed by atoms with Crippen LogP contribution in [0.15, 0.2) is 24.3 Å². The van der Waals surface area contributed by atoms with Crippen LogP contribution in [0.2, 0.25) is 0 Å². The average molecular weight is 334 g/mol. The molecule has 1 saturated carbocycles. The van der Waals surface area contributed by atoms with Gasteiger partial charge in [-0.2, -0.15) is 0 Å². The van der Waals surface area contributed by atoms with Gasteiger partial charge in [-0.3, -0.25) is 4.79 Å². The van der Waals surface area contributed by atoms with Gasteiger partial charge in [0.05, 0.1) is 5.56 Å². The first-order chi connectivity index (χ1) is 11.6. The van der Waals surface area contributed by atoms with E-state index in [2.05, 4.69) is 5.32 Å². The van der Waals surface area contributed by atoms with Gasteiger partial charge in [0.1, 0.15) is 12.4 Å². The molecule has 1 aromatic carbocycles. The van der Waals surface area contributed by atoms with Crippen LogP contribution >= 0.6 is 0 Å². The molecule has 0 saturated heterocycles. The second kappa shape index (κ2) is 9.64. The number of aliphatic hydroxyl groups excluding tert-OH is 1. The fourth-order valence-corrected chi connectivity index (χ4v) is 3.16. The predicted molar refractivity (Wildman–Crippen MR) is 95.4 cm³/mol. The third-order valence-corrected chi connectivity index (χ3v) is 4.64. The SMILES string of the molecule is CN(C)CCOc1ccccc1C(=O)NC1CCCCCC1CO. The monoisotopic (exact) mass is 334 g/mol. The molecule has 1 aromatic rings. The van der Waals surface area contributed by atoms with Gasteiger partial charge < -0.3 is 20.1 Å². The summed E-state index contributed by atoms with van der Waals surface area (Å²) in [5.74, 6) is 0.657. The number of benzene rings is 1. The first-order valence-corrected chi connectivity index (χ1v) is 8.90. The highest BCUT2D eigenvalue weighted by Gasteiger charge is 2.25. The standard InChI is InChI=1S/C19H30N2O3/c1-21(2)12-13-24-18-11-7-6-9-16(18)19(23)20-17-10-5-3-4-8-15(17)14-22/h6-7,9,11,15,17,22H,3-5,8,10,12-14H2,1-2H3,(H,20,23). The molecule has 2 rings (SSSR count). The Bertz CT molecular complexity index is 519. The van der Waals surface area contributed by atoms with Crippen molar-refractivity contribution in [1.29, 1.82) is 0 Å². The van der Waals surface area contributed by atoms with Crippen molar-refractivity contribution in [1.82, 2.24) is 10.2 Å². The topological polar surface area (TPSA) is 61.8 Å². The molecule has 0 aliphatic heterocycles. The Morgan fingerprint density at radius 1 is 1.25 bits per heavy atom. The zero-order valence-electron chi connectivity index (χ0n) is 14.8. The lowest BCUT2D eigenvalue weighted by Gasteiger charge is -2.25. The van der Waals surface area contributed by atoms with Crippen LogP contribution in [0.1, 0.15) is 42.5 Å². The first kappa shape index (κ1) is 18.7. The minimum atomic E-state index is -0.110. The van der Waals surface area contributed by atoms with E-state index in [1.54, 1.807) is 6.07 Å². The predicted octanol–water partition coefficient (Wildman–Crippen LogP) is 2.30. The summed E-state index contributed by atoms with van der Waals surface area (Å²) in [6.45, 7) is 1.47. The molecule has 0 aromatic heterocycles. The number of para-hydroxylation sites is 1. The molecule has 2 N–H and O–H groups in total. The Balaban J connectivity index is 2.03. The Morgan fingerprint density at radius 2 is 2.00 bits per heavy atom. The van der Waals surface area contributed by atoms with Gasteiger partial charge in [-0.1, -0.05) is 31.4 Å². The summed E-state index contributed by atoms with van der Waals surface area (Å²) in [6, 6.07) is 7.40. The molecule has 1 aliphatic rings. The number of likely N-dealkylation sites (N-methyl/N-ethyl adjacent to an activating group) is 1. The zero-order valence-corrected chi connectivity index (χ0v) is 14.8. The molecule has 1 aliphatic carbocycles. The van der Waals surface area contributed by atoms with E-state index in [0.717, 1.165) is 32.2 Å². The molecule has 1 fully saturated rings. The third-order valence-electron chi connectivity index (χ3n) is 4.64. The number of carbonyl (C=O) groups excluding carboxylic acids is 1. The van der Waals surface area contributed by atoms with Gasteiger partial charge in [-0.15, -0.1) is 0 Å². The van der Waals surface area contributed by atoms with E-state index in [1.165, 1.54) is 6.42 Å². The van der Waals surface area contributed by atoms with Gasteiger partial charge in [-0.25, -0.2) is 0 Å². The number of aliphatic hydroxyl groups is 1. The van der Waals surface area contributed by atoms with E-state index in [1.807, 2.05) is 37.2 Å².